The predicted octanol–water partition coefficient (Wildman–Crippen LogP) is 4.00. The van der Waals surface area contributed by atoms with E-state index in [9.17, 15) is 9.90 Å². The molecule has 2 unspecified atom stereocenters. The lowest BCUT2D eigenvalue weighted by Crippen LogP contribution is -2.36. The van der Waals surface area contributed by atoms with Gasteiger partial charge in [0.25, 0.3) is 5.91 Å². The van der Waals surface area contributed by atoms with Crippen LogP contribution in [0.3, 0.4) is 0 Å². The Bertz CT molecular complexity index is 1070. The fraction of sp³-hybridized carbons (Fsp3) is 0.375. The molecule has 2 atom stereocenters. The summed E-state index contributed by atoms with van der Waals surface area (Å²) in [6.07, 6.45) is 8.57. The number of imidazole rings is 1. The van der Waals surface area contributed by atoms with Gasteiger partial charge in [-0.3, -0.25) is 4.79 Å². The minimum Gasteiger partial charge on any atom is -0.469 e. The van der Waals surface area contributed by atoms with Crippen molar-refractivity contribution in [3.63, 3.8) is 0 Å². The Morgan fingerprint density at radius 2 is 2.03 bits per heavy atom. The van der Waals surface area contributed by atoms with Crippen LogP contribution in [0.4, 0.5) is 0 Å². The summed E-state index contributed by atoms with van der Waals surface area (Å²) in [7, 11) is 1.90. The molecule has 1 aliphatic carbocycles. The molecule has 32 heavy (non-hydrogen) atoms. The van der Waals surface area contributed by atoms with Gasteiger partial charge in [-0.05, 0) is 36.6 Å². The first-order valence-electron chi connectivity index (χ1n) is 10.8. The summed E-state index contributed by atoms with van der Waals surface area (Å²) in [6, 6.07) is 9.09. The summed E-state index contributed by atoms with van der Waals surface area (Å²) in [6.45, 7) is 0.704. The summed E-state index contributed by atoms with van der Waals surface area (Å²) in [4.78, 5) is 21.5. The van der Waals surface area contributed by atoms with Crippen LogP contribution < -0.4 is 10.1 Å². The second kappa shape index (κ2) is 10.1. The molecule has 0 aliphatic heterocycles. The van der Waals surface area contributed by atoms with E-state index in [0.29, 0.717) is 28.6 Å². The van der Waals surface area contributed by atoms with Crippen LogP contribution in [0.15, 0.2) is 48.9 Å². The Hall–Kier alpha value is -2.90. The second-order valence-electron chi connectivity index (χ2n) is 8.15. The molecule has 3 aromatic rings. The minimum absolute atomic E-state index is 0.0942. The summed E-state index contributed by atoms with van der Waals surface area (Å²) >= 11 is 6.05. The van der Waals surface area contributed by atoms with Crippen molar-refractivity contribution < 1.29 is 14.6 Å². The lowest BCUT2D eigenvalue weighted by atomic mass is 9.86. The number of aliphatic hydroxyl groups is 1. The Morgan fingerprint density at radius 1 is 1.25 bits per heavy atom. The number of hydrogen-bond donors (Lipinski definition) is 2. The van der Waals surface area contributed by atoms with Gasteiger partial charge in [-0.2, -0.15) is 0 Å². The molecule has 4 rings (SSSR count). The monoisotopic (exact) mass is 454 g/mol. The van der Waals surface area contributed by atoms with Gasteiger partial charge in [-0.25, -0.2) is 9.97 Å². The van der Waals surface area contributed by atoms with Crippen LogP contribution >= 0.6 is 11.6 Å². The molecule has 0 radical (unpaired) electrons. The highest BCUT2D eigenvalue weighted by atomic mass is 35.5. The topological polar surface area (TPSA) is 89.3 Å². The van der Waals surface area contributed by atoms with E-state index in [1.54, 1.807) is 24.4 Å². The van der Waals surface area contributed by atoms with Gasteiger partial charge < -0.3 is 19.7 Å². The summed E-state index contributed by atoms with van der Waals surface area (Å²) in [5.41, 5.74) is 1.97. The lowest BCUT2D eigenvalue weighted by Gasteiger charge is -2.27. The predicted molar refractivity (Wildman–Crippen MR) is 123 cm³/mol. The third-order valence-electron chi connectivity index (χ3n) is 5.92. The number of hydrogen-bond acceptors (Lipinski definition) is 5. The highest BCUT2D eigenvalue weighted by Crippen LogP contribution is 2.31. The fourth-order valence-electron chi connectivity index (χ4n) is 3.95. The first kappa shape index (κ1) is 22.3. The highest BCUT2D eigenvalue weighted by Gasteiger charge is 2.24. The number of amides is 1. The number of aliphatic hydroxyl groups excluding tert-OH is 1. The van der Waals surface area contributed by atoms with Crippen LogP contribution in [0.5, 0.6) is 5.88 Å². The molecule has 7 nitrogen and oxygen atoms in total. The third kappa shape index (κ3) is 5.29. The second-order valence-corrected chi connectivity index (χ2v) is 8.58. The quantitative estimate of drug-likeness (QED) is 0.563. The van der Waals surface area contributed by atoms with Crippen LogP contribution in [0, 0.1) is 5.92 Å². The zero-order valence-electron chi connectivity index (χ0n) is 18.0. The van der Waals surface area contributed by atoms with Gasteiger partial charge in [0, 0.05) is 48.7 Å². The van der Waals surface area contributed by atoms with Crippen molar-refractivity contribution in [2.45, 2.75) is 38.4 Å². The van der Waals surface area contributed by atoms with Crippen molar-refractivity contribution in [3.05, 3.63) is 65.3 Å². The summed E-state index contributed by atoms with van der Waals surface area (Å²) in [5, 5.41) is 13.7. The number of ether oxygens (including phenoxy) is 1. The molecule has 2 aromatic heterocycles. The average Bonchev–Trinajstić information content (AvgIpc) is 3.22. The van der Waals surface area contributed by atoms with Gasteiger partial charge in [0.1, 0.15) is 12.4 Å². The largest absolute Gasteiger partial charge is 0.469 e. The number of carbonyl (C=O) groups is 1. The maximum atomic E-state index is 12.8. The number of benzene rings is 1. The fourth-order valence-corrected chi connectivity index (χ4v) is 4.07. The molecule has 1 amide bonds. The molecule has 2 N–H and O–H groups in total. The maximum Gasteiger partial charge on any atom is 0.252 e. The van der Waals surface area contributed by atoms with Crippen LogP contribution in [0.25, 0.3) is 11.1 Å². The first-order chi connectivity index (χ1) is 15.5. The number of nitrogens with zero attached hydrogens (tertiary/aromatic N) is 3. The number of aryl methyl sites for hydroxylation is 1. The highest BCUT2D eigenvalue weighted by molar-refractivity contribution is 6.30. The number of pyridine rings is 1. The van der Waals surface area contributed by atoms with Gasteiger partial charge in [0.15, 0.2) is 0 Å². The van der Waals surface area contributed by atoms with Crippen molar-refractivity contribution in [2.75, 3.05) is 6.54 Å². The van der Waals surface area contributed by atoms with E-state index in [4.69, 9.17) is 16.3 Å². The van der Waals surface area contributed by atoms with E-state index in [0.717, 1.165) is 37.1 Å². The minimum atomic E-state index is -0.353. The molecule has 1 saturated carbocycles. The Morgan fingerprint density at radius 3 is 2.75 bits per heavy atom. The molecule has 0 spiro atoms. The van der Waals surface area contributed by atoms with Crippen molar-refractivity contribution in [2.24, 2.45) is 13.0 Å². The van der Waals surface area contributed by atoms with E-state index in [1.165, 1.54) is 6.20 Å². The normalized spacial score (nSPS) is 18.3. The molecule has 8 heteroatoms. The standard InChI is InChI=1S/C24H27ClN4O3/c1-29-11-10-26-22(29)15-32-24-20(16-6-8-19(25)9-7-16)12-18(14-28-24)23(31)27-13-17-4-2-3-5-21(17)30/h6-12,14,17,21,30H,2-5,13,15H2,1H3,(H,27,31). The SMILES string of the molecule is Cn1ccnc1COc1ncc(C(=O)NCC2CCCCC2O)cc1-c1ccc(Cl)cc1. The van der Waals surface area contributed by atoms with Crippen LogP contribution in [-0.2, 0) is 13.7 Å². The number of carbonyl (C=O) groups excluding carboxylic acids is 1. The zero-order chi connectivity index (χ0) is 22.5. The molecule has 0 bridgehead atoms. The number of nitrogens with one attached hydrogen (secondary N) is 1. The summed E-state index contributed by atoms with van der Waals surface area (Å²) < 4.78 is 7.84. The van der Waals surface area contributed by atoms with Gasteiger partial charge >= 0.3 is 0 Å². The molecule has 2 heterocycles. The van der Waals surface area contributed by atoms with Gasteiger partial charge in [0.2, 0.25) is 5.88 Å². The number of halogens is 1. The number of aromatic nitrogens is 3. The van der Waals surface area contributed by atoms with Gasteiger partial charge in [-0.1, -0.05) is 36.6 Å². The molecule has 1 aromatic carbocycles. The third-order valence-corrected chi connectivity index (χ3v) is 6.17. The lowest BCUT2D eigenvalue weighted by molar-refractivity contribution is 0.0663. The van der Waals surface area contributed by atoms with Gasteiger partial charge in [0.05, 0.1) is 11.7 Å². The van der Waals surface area contributed by atoms with E-state index in [2.05, 4.69) is 15.3 Å². The van der Waals surface area contributed by atoms with Gasteiger partial charge in [-0.15, -0.1) is 0 Å². The van der Waals surface area contributed by atoms with Crippen molar-refractivity contribution >= 4 is 17.5 Å². The molecule has 168 valence electrons. The zero-order valence-corrected chi connectivity index (χ0v) is 18.8. The van der Waals surface area contributed by atoms with Crippen molar-refractivity contribution in [3.8, 4) is 17.0 Å². The van der Waals surface area contributed by atoms with E-state index < -0.39 is 0 Å². The molecule has 1 aliphatic rings. The molecule has 0 saturated heterocycles. The van der Waals surface area contributed by atoms with Crippen LogP contribution in [0.2, 0.25) is 5.02 Å². The average molecular weight is 455 g/mol. The Labute approximate surface area is 192 Å². The molecule has 1 fully saturated rings. The van der Waals surface area contributed by atoms with E-state index in [-0.39, 0.29) is 24.5 Å². The maximum absolute atomic E-state index is 12.8. The Balaban J connectivity index is 1.54. The Kier molecular flexibility index (Phi) is 7.07. The first-order valence-corrected chi connectivity index (χ1v) is 11.2. The van der Waals surface area contributed by atoms with Crippen LogP contribution in [-0.4, -0.2) is 38.2 Å². The smallest absolute Gasteiger partial charge is 0.252 e. The molecular formula is C24H27ClN4O3. The van der Waals surface area contributed by atoms with E-state index >= 15 is 0 Å². The van der Waals surface area contributed by atoms with Crippen LogP contribution in [0.1, 0.15) is 41.9 Å². The van der Waals surface area contributed by atoms with Crippen molar-refractivity contribution in [1.82, 2.24) is 19.9 Å². The van der Waals surface area contributed by atoms with Crippen molar-refractivity contribution in [1.29, 1.82) is 0 Å². The molecular weight excluding hydrogens is 428 g/mol. The van der Waals surface area contributed by atoms with E-state index in [1.807, 2.05) is 29.9 Å². The number of rotatable bonds is 7. The summed E-state index contributed by atoms with van der Waals surface area (Å²) in [5.74, 6) is 1.05.